The number of hydrogen-bond acceptors (Lipinski definition) is 2. The summed E-state index contributed by atoms with van der Waals surface area (Å²) in [5.74, 6) is 1.82. The summed E-state index contributed by atoms with van der Waals surface area (Å²) in [6.07, 6.45) is 2.75. The SMILES string of the molecule is CC(C)C1CCN(CCN)CC1.Cl.Cl. The molecule has 0 unspecified atom stereocenters. The monoisotopic (exact) mass is 242 g/mol. The highest BCUT2D eigenvalue weighted by Gasteiger charge is 2.20. The van der Waals surface area contributed by atoms with Crippen molar-refractivity contribution in [2.45, 2.75) is 26.7 Å². The lowest BCUT2D eigenvalue weighted by Crippen LogP contribution is -2.38. The zero-order valence-corrected chi connectivity index (χ0v) is 10.9. The van der Waals surface area contributed by atoms with Crippen molar-refractivity contribution in [3.05, 3.63) is 0 Å². The van der Waals surface area contributed by atoms with Crippen LogP contribution < -0.4 is 5.73 Å². The highest BCUT2D eigenvalue weighted by Crippen LogP contribution is 2.23. The summed E-state index contributed by atoms with van der Waals surface area (Å²) in [6.45, 7) is 9.10. The van der Waals surface area contributed by atoms with E-state index in [4.69, 9.17) is 5.73 Å². The first kappa shape index (κ1) is 16.9. The molecule has 0 bridgehead atoms. The summed E-state index contributed by atoms with van der Waals surface area (Å²) in [5.41, 5.74) is 5.51. The average Bonchev–Trinajstić information content (AvgIpc) is 2.06. The van der Waals surface area contributed by atoms with Crippen molar-refractivity contribution in [3.63, 3.8) is 0 Å². The lowest BCUT2D eigenvalue weighted by atomic mass is 9.87. The first-order valence-electron chi connectivity index (χ1n) is 5.16. The summed E-state index contributed by atoms with van der Waals surface area (Å²) in [4.78, 5) is 2.48. The molecular formula is C10H24Cl2N2. The number of hydrogen-bond donors (Lipinski definition) is 1. The van der Waals surface area contributed by atoms with Crippen molar-refractivity contribution in [1.29, 1.82) is 0 Å². The molecule has 88 valence electrons. The summed E-state index contributed by atoms with van der Waals surface area (Å²) in [5, 5.41) is 0. The molecule has 1 aliphatic heterocycles. The Morgan fingerprint density at radius 2 is 1.71 bits per heavy atom. The summed E-state index contributed by atoms with van der Waals surface area (Å²) in [6, 6.07) is 0. The maximum absolute atomic E-state index is 5.51. The van der Waals surface area contributed by atoms with E-state index >= 15 is 0 Å². The molecule has 0 aromatic carbocycles. The molecule has 2 N–H and O–H groups in total. The van der Waals surface area contributed by atoms with Gasteiger partial charge in [-0.05, 0) is 37.8 Å². The first-order valence-corrected chi connectivity index (χ1v) is 5.16. The van der Waals surface area contributed by atoms with Crippen LogP contribution in [-0.4, -0.2) is 31.1 Å². The molecule has 0 spiro atoms. The summed E-state index contributed by atoms with van der Waals surface area (Å²) in [7, 11) is 0. The molecule has 0 saturated carbocycles. The third kappa shape index (κ3) is 5.40. The Hall–Kier alpha value is 0.500. The van der Waals surface area contributed by atoms with Crippen LogP contribution in [0.2, 0.25) is 0 Å². The first-order chi connectivity index (χ1) is 5.74. The van der Waals surface area contributed by atoms with Crippen molar-refractivity contribution in [3.8, 4) is 0 Å². The number of rotatable bonds is 3. The Morgan fingerprint density at radius 1 is 1.21 bits per heavy atom. The zero-order chi connectivity index (χ0) is 8.97. The van der Waals surface area contributed by atoms with Gasteiger partial charge in [0.2, 0.25) is 0 Å². The van der Waals surface area contributed by atoms with Crippen molar-refractivity contribution < 1.29 is 0 Å². The van der Waals surface area contributed by atoms with E-state index in [0.717, 1.165) is 24.9 Å². The van der Waals surface area contributed by atoms with E-state index in [1.165, 1.54) is 25.9 Å². The Balaban J connectivity index is 0. The van der Waals surface area contributed by atoms with Gasteiger partial charge in [-0.3, -0.25) is 0 Å². The number of piperidine rings is 1. The van der Waals surface area contributed by atoms with Crippen LogP contribution in [0.25, 0.3) is 0 Å². The fraction of sp³-hybridized carbons (Fsp3) is 1.00. The second-order valence-electron chi connectivity index (χ2n) is 4.21. The molecule has 0 aliphatic carbocycles. The van der Waals surface area contributed by atoms with Gasteiger partial charge in [-0.1, -0.05) is 13.8 Å². The van der Waals surface area contributed by atoms with Crippen molar-refractivity contribution in [2.24, 2.45) is 17.6 Å². The molecule has 1 aliphatic rings. The predicted octanol–water partition coefficient (Wildman–Crippen LogP) is 2.16. The van der Waals surface area contributed by atoms with E-state index in [0.29, 0.717) is 0 Å². The third-order valence-electron chi connectivity index (χ3n) is 3.02. The van der Waals surface area contributed by atoms with E-state index in [-0.39, 0.29) is 24.8 Å². The largest absolute Gasteiger partial charge is 0.329 e. The van der Waals surface area contributed by atoms with Crippen LogP contribution in [0.3, 0.4) is 0 Å². The Morgan fingerprint density at radius 3 is 2.07 bits per heavy atom. The highest BCUT2D eigenvalue weighted by molar-refractivity contribution is 5.85. The third-order valence-corrected chi connectivity index (χ3v) is 3.02. The van der Waals surface area contributed by atoms with Crippen LogP contribution in [-0.2, 0) is 0 Å². The van der Waals surface area contributed by atoms with Gasteiger partial charge in [0.25, 0.3) is 0 Å². The Kier molecular flexibility index (Phi) is 10.6. The van der Waals surface area contributed by atoms with Gasteiger partial charge < -0.3 is 10.6 Å². The van der Waals surface area contributed by atoms with Gasteiger partial charge >= 0.3 is 0 Å². The molecule has 0 aromatic heterocycles. The fourth-order valence-electron chi connectivity index (χ4n) is 2.03. The van der Waals surface area contributed by atoms with Crippen molar-refractivity contribution in [2.75, 3.05) is 26.2 Å². The zero-order valence-electron chi connectivity index (χ0n) is 9.24. The standard InChI is InChI=1S/C10H22N2.2ClH/c1-9(2)10-3-6-12(7-4-10)8-5-11;;/h9-10H,3-8,11H2,1-2H3;2*1H. The molecular weight excluding hydrogens is 219 g/mol. The molecule has 0 aromatic rings. The molecule has 0 radical (unpaired) electrons. The van der Waals surface area contributed by atoms with Crippen LogP contribution in [0.5, 0.6) is 0 Å². The normalized spacial score (nSPS) is 18.9. The maximum atomic E-state index is 5.51. The quantitative estimate of drug-likeness (QED) is 0.823. The lowest BCUT2D eigenvalue weighted by molar-refractivity contribution is 0.161. The van der Waals surface area contributed by atoms with Gasteiger partial charge in [-0.25, -0.2) is 0 Å². The molecule has 1 saturated heterocycles. The molecule has 0 amide bonds. The van der Waals surface area contributed by atoms with E-state index in [1.54, 1.807) is 0 Å². The number of nitrogens with two attached hydrogens (primary N) is 1. The van der Waals surface area contributed by atoms with Gasteiger partial charge in [0.1, 0.15) is 0 Å². The van der Waals surface area contributed by atoms with Gasteiger partial charge in [-0.15, -0.1) is 24.8 Å². The summed E-state index contributed by atoms with van der Waals surface area (Å²) >= 11 is 0. The molecule has 14 heavy (non-hydrogen) atoms. The minimum Gasteiger partial charge on any atom is -0.329 e. The minimum atomic E-state index is 0. The van der Waals surface area contributed by atoms with E-state index < -0.39 is 0 Å². The van der Waals surface area contributed by atoms with Crippen molar-refractivity contribution >= 4 is 24.8 Å². The fourth-order valence-corrected chi connectivity index (χ4v) is 2.03. The minimum absolute atomic E-state index is 0. The molecule has 4 heteroatoms. The van der Waals surface area contributed by atoms with Gasteiger partial charge in [0, 0.05) is 13.1 Å². The van der Waals surface area contributed by atoms with Gasteiger partial charge in [0.15, 0.2) is 0 Å². The van der Waals surface area contributed by atoms with E-state index in [1.807, 2.05) is 0 Å². The lowest BCUT2D eigenvalue weighted by Gasteiger charge is -2.33. The van der Waals surface area contributed by atoms with Crippen LogP contribution in [0, 0.1) is 11.8 Å². The number of halogens is 2. The average molecular weight is 243 g/mol. The van der Waals surface area contributed by atoms with Gasteiger partial charge in [-0.2, -0.15) is 0 Å². The van der Waals surface area contributed by atoms with Gasteiger partial charge in [0.05, 0.1) is 0 Å². The molecule has 2 nitrogen and oxygen atoms in total. The van der Waals surface area contributed by atoms with Crippen LogP contribution in [0.1, 0.15) is 26.7 Å². The molecule has 1 rings (SSSR count). The summed E-state index contributed by atoms with van der Waals surface area (Å²) < 4.78 is 0. The van der Waals surface area contributed by atoms with Crippen LogP contribution >= 0.6 is 24.8 Å². The molecule has 1 heterocycles. The predicted molar refractivity (Wildman–Crippen MR) is 67.6 cm³/mol. The van der Waals surface area contributed by atoms with E-state index in [2.05, 4.69) is 18.7 Å². The number of likely N-dealkylation sites (tertiary alicyclic amines) is 1. The van der Waals surface area contributed by atoms with Crippen LogP contribution in [0.15, 0.2) is 0 Å². The van der Waals surface area contributed by atoms with Crippen molar-refractivity contribution in [1.82, 2.24) is 4.90 Å². The smallest absolute Gasteiger partial charge is 0.0105 e. The Bertz CT molecular complexity index is 123. The maximum Gasteiger partial charge on any atom is 0.0105 e. The molecule has 0 atom stereocenters. The highest BCUT2D eigenvalue weighted by atomic mass is 35.5. The van der Waals surface area contributed by atoms with Crippen LogP contribution in [0.4, 0.5) is 0 Å². The number of nitrogens with zero attached hydrogens (tertiary/aromatic N) is 1. The topological polar surface area (TPSA) is 29.3 Å². The second-order valence-corrected chi connectivity index (χ2v) is 4.21. The molecule has 1 fully saturated rings. The Labute approximate surface area is 100 Å². The van der Waals surface area contributed by atoms with E-state index in [9.17, 15) is 0 Å². The second kappa shape index (κ2) is 8.78.